The zero-order chi connectivity index (χ0) is 19.2. The summed E-state index contributed by atoms with van der Waals surface area (Å²) in [5, 5.41) is 5.79. The van der Waals surface area contributed by atoms with E-state index in [0.717, 1.165) is 38.0 Å². The Kier molecular flexibility index (Phi) is 6.11. The summed E-state index contributed by atoms with van der Waals surface area (Å²) in [5.41, 5.74) is 2.05. The van der Waals surface area contributed by atoms with Crippen LogP contribution in [0.25, 0.3) is 0 Å². The minimum Gasteiger partial charge on any atom is -0.352 e. The number of nitrogens with zero attached hydrogens (tertiary/aromatic N) is 3. The molecule has 1 aliphatic heterocycles. The number of benzene rings is 1. The van der Waals surface area contributed by atoms with E-state index in [4.69, 9.17) is 0 Å². The molecule has 1 aromatic heterocycles. The first-order valence-corrected chi connectivity index (χ1v) is 9.48. The van der Waals surface area contributed by atoms with Gasteiger partial charge in [0.2, 0.25) is 0 Å². The van der Waals surface area contributed by atoms with Crippen LogP contribution in [-0.2, 0) is 6.54 Å². The lowest BCUT2D eigenvalue weighted by Crippen LogP contribution is -2.43. The van der Waals surface area contributed by atoms with Gasteiger partial charge in [0.25, 0.3) is 5.91 Å². The lowest BCUT2D eigenvalue weighted by molar-refractivity contribution is 0.0955. The Balaban J connectivity index is 1.64. The Labute approximate surface area is 159 Å². The monoisotopic (exact) mass is 369 g/mol. The second-order valence-corrected chi connectivity index (χ2v) is 6.98. The van der Waals surface area contributed by atoms with Gasteiger partial charge in [0.15, 0.2) is 0 Å². The lowest BCUT2D eigenvalue weighted by atomic mass is 9.98. The summed E-state index contributed by atoms with van der Waals surface area (Å²) in [5.74, 6) is 0.297. The number of carbonyl (C=O) groups is 2. The smallest absolute Gasteiger partial charge is 0.321 e. The fraction of sp³-hybridized carbons (Fsp3) is 0.450. The first-order valence-electron chi connectivity index (χ1n) is 9.48. The number of anilines is 1. The van der Waals surface area contributed by atoms with E-state index in [2.05, 4.69) is 20.2 Å². The Morgan fingerprint density at radius 2 is 2.19 bits per heavy atom. The average Bonchev–Trinajstić information content (AvgIpc) is 3.17. The molecular formula is C20H27N5O2. The normalized spacial score (nSPS) is 16.8. The second kappa shape index (κ2) is 8.70. The number of hydrogen-bond donors (Lipinski definition) is 2. The molecule has 27 heavy (non-hydrogen) atoms. The highest BCUT2D eigenvalue weighted by molar-refractivity contribution is 5.99. The predicted octanol–water partition coefficient (Wildman–Crippen LogP) is 2.89. The third kappa shape index (κ3) is 4.67. The minimum absolute atomic E-state index is 0.110. The number of hydrogen-bond acceptors (Lipinski definition) is 3. The van der Waals surface area contributed by atoms with Crippen molar-refractivity contribution in [2.24, 2.45) is 5.92 Å². The molecule has 1 aromatic carbocycles. The van der Waals surface area contributed by atoms with Crippen molar-refractivity contribution in [1.82, 2.24) is 19.8 Å². The van der Waals surface area contributed by atoms with E-state index in [1.807, 2.05) is 37.3 Å². The van der Waals surface area contributed by atoms with Crippen LogP contribution in [0.5, 0.6) is 0 Å². The number of likely N-dealkylation sites (tertiary alicyclic amines) is 1. The van der Waals surface area contributed by atoms with Crippen molar-refractivity contribution in [1.29, 1.82) is 0 Å². The summed E-state index contributed by atoms with van der Waals surface area (Å²) in [4.78, 5) is 30.9. The van der Waals surface area contributed by atoms with Crippen molar-refractivity contribution in [3.05, 3.63) is 48.0 Å². The number of aromatic nitrogens is 2. The highest BCUT2D eigenvalue weighted by Crippen LogP contribution is 2.22. The molecule has 0 spiro atoms. The number of urea groups is 1. The first kappa shape index (κ1) is 18.9. The molecule has 2 aromatic rings. The Morgan fingerprint density at radius 3 is 2.93 bits per heavy atom. The topological polar surface area (TPSA) is 79.3 Å². The van der Waals surface area contributed by atoms with Crippen LogP contribution in [0.15, 0.2) is 36.9 Å². The van der Waals surface area contributed by atoms with Crippen molar-refractivity contribution in [3.8, 4) is 0 Å². The molecule has 2 heterocycles. The van der Waals surface area contributed by atoms with Crippen LogP contribution in [0.1, 0.15) is 35.7 Å². The molecular weight excluding hydrogens is 342 g/mol. The number of carbonyl (C=O) groups excluding carboxylic acids is 2. The van der Waals surface area contributed by atoms with E-state index < -0.39 is 0 Å². The maximum atomic E-state index is 12.8. The van der Waals surface area contributed by atoms with Gasteiger partial charge in [-0.2, -0.15) is 0 Å². The third-order valence-electron chi connectivity index (χ3n) is 4.99. The van der Waals surface area contributed by atoms with Crippen molar-refractivity contribution in [2.75, 3.05) is 25.0 Å². The van der Waals surface area contributed by atoms with E-state index >= 15 is 0 Å². The van der Waals surface area contributed by atoms with Gasteiger partial charge < -0.3 is 20.1 Å². The predicted molar refractivity (Wildman–Crippen MR) is 105 cm³/mol. The van der Waals surface area contributed by atoms with Gasteiger partial charge in [-0.3, -0.25) is 4.79 Å². The largest absolute Gasteiger partial charge is 0.352 e. The van der Waals surface area contributed by atoms with Crippen LogP contribution >= 0.6 is 0 Å². The average molecular weight is 369 g/mol. The molecule has 1 fully saturated rings. The summed E-state index contributed by atoms with van der Waals surface area (Å²) < 4.78 is 2.06. The molecule has 0 saturated carbocycles. The van der Waals surface area contributed by atoms with Crippen molar-refractivity contribution >= 4 is 17.6 Å². The van der Waals surface area contributed by atoms with Gasteiger partial charge in [-0.25, -0.2) is 9.78 Å². The Hall–Kier alpha value is -2.83. The van der Waals surface area contributed by atoms with Crippen molar-refractivity contribution in [3.63, 3.8) is 0 Å². The molecule has 3 amide bonds. The zero-order valence-electron chi connectivity index (χ0n) is 15.9. The highest BCUT2D eigenvalue weighted by Gasteiger charge is 2.24. The van der Waals surface area contributed by atoms with Crippen LogP contribution in [0.2, 0.25) is 0 Å². The van der Waals surface area contributed by atoms with Crippen LogP contribution in [0, 0.1) is 12.8 Å². The summed E-state index contributed by atoms with van der Waals surface area (Å²) in [6, 6.07) is 5.30. The Bertz CT molecular complexity index is 788. The van der Waals surface area contributed by atoms with Gasteiger partial charge in [-0.1, -0.05) is 6.07 Å². The summed E-state index contributed by atoms with van der Waals surface area (Å²) in [6.45, 7) is 6.66. The van der Waals surface area contributed by atoms with Gasteiger partial charge in [0.05, 0.1) is 6.33 Å². The molecule has 1 unspecified atom stereocenters. The molecule has 7 nitrogen and oxygen atoms in total. The fourth-order valence-electron chi connectivity index (χ4n) is 3.56. The van der Waals surface area contributed by atoms with Gasteiger partial charge in [0, 0.05) is 49.8 Å². The summed E-state index contributed by atoms with van der Waals surface area (Å²) >= 11 is 0. The van der Waals surface area contributed by atoms with Gasteiger partial charge >= 0.3 is 6.03 Å². The van der Waals surface area contributed by atoms with Gasteiger partial charge in [0.1, 0.15) is 0 Å². The molecule has 7 heteroatoms. The Morgan fingerprint density at radius 1 is 1.33 bits per heavy atom. The van der Waals surface area contributed by atoms with E-state index in [9.17, 15) is 9.59 Å². The standard InChI is InChI=1S/C20H27N5O2/c1-3-22-19(26)17-7-4-8-18(15(17)2)23-20(27)25-10-5-6-16(13-25)12-24-11-9-21-14-24/h4,7-9,11,14,16H,3,5-6,10,12-13H2,1-2H3,(H,22,26)(H,23,27). The molecule has 0 bridgehead atoms. The first-order chi connectivity index (χ1) is 13.1. The van der Waals surface area contributed by atoms with Crippen LogP contribution in [0.4, 0.5) is 10.5 Å². The number of imidazole rings is 1. The molecule has 1 aliphatic rings. The molecule has 2 N–H and O–H groups in total. The number of nitrogens with one attached hydrogen (secondary N) is 2. The molecule has 0 aliphatic carbocycles. The minimum atomic E-state index is -0.121. The third-order valence-corrected chi connectivity index (χ3v) is 4.99. The van der Waals surface area contributed by atoms with E-state index in [0.29, 0.717) is 23.7 Å². The number of rotatable bonds is 5. The second-order valence-electron chi connectivity index (χ2n) is 6.98. The van der Waals surface area contributed by atoms with Crippen molar-refractivity contribution in [2.45, 2.75) is 33.2 Å². The van der Waals surface area contributed by atoms with Gasteiger partial charge in [-0.15, -0.1) is 0 Å². The van der Waals surface area contributed by atoms with E-state index in [1.54, 1.807) is 18.3 Å². The van der Waals surface area contributed by atoms with Crippen LogP contribution in [0.3, 0.4) is 0 Å². The molecule has 1 saturated heterocycles. The molecule has 144 valence electrons. The fourth-order valence-corrected chi connectivity index (χ4v) is 3.56. The van der Waals surface area contributed by atoms with E-state index in [1.165, 1.54) is 0 Å². The van der Waals surface area contributed by atoms with Crippen LogP contribution in [-0.4, -0.2) is 46.0 Å². The summed E-state index contributed by atoms with van der Waals surface area (Å²) in [6.07, 6.45) is 7.64. The highest BCUT2D eigenvalue weighted by atomic mass is 16.2. The van der Waals surface area contributed by atoms with Crippen LogP contribution < -0.4 is 10.6 Å². The number of amides is 3. The number of piperidine rings is 1. The van der Waals surface area contributed by atoms with E-state index in [-0.39, 0.29) is 11.9 Å². The lowest BCUT2D eigenvalue weighted by Gasteiger charge is -2.33. The molecule has 1 atom stereocenters. The quantitative estimate of drug-likeness (QED) is 0.850. The van der Waals surface area contributed by atoms with Gasteiger partial charge in [-0.05, 0) is 50.3 Å². The maximum Gasteiger partial charge on any atom is 0.321 e. The summed E-state index contributed by atoms with van der Waals surface area (Å²) in [7, 11) is 0. The molecule has 0 radical (unpaired) electrons. The van der Waals surface area contributed by atoms with Crippen molar-refractivity contribution < 1.29 is 9.59 Å². The zero-order valence-corrected chi connectivity index (χ0v) is 15.9. The maximum absolute atomic E-state index is 12.8. The SMILES string of the molecule is CCNC(=O)c1cccc(NC(=O)N2CCCC(Cn3ccnc3)C2)c1C. The molecule has 3 rings (SSSR count).